The lowest BCUT2D eigenvalue weighted by Crippen LogP contribution is -2.37. The Morgan fingerprint density at radius 1 is 1.00 bits per heavy atom. The fraction of sp³-hybridized carbons (Fsp3) is 0.308. The van der Waals surface area contributed by atoms with Crippen LogP contribution in [0.2, 0.25) is 5.02 Å². The molecule has 4 aromatic rings. The van der Waals surface area contributed by atoms with Crippen LogP contribution >= 0.6 is 11.6 Å². The van der Waals surface area contributed by atoms with Gasteiger partial charge in [-0.2, -0.15) is 10.2 Å². The molecule has 1 saturated heterocycles. The quantitative estimate of drug-likeness (QED) is 0.248. The van der Waals surface area contributed by atoms with Crippen molar-refractivity contribution in [1.29, 1.82) is 0 Å². The number of fused-ring (bicyclic) bond motifs is 1. The van der Waals surface area contributed by atoms with Crippen molar-refractivity contribution < 1.29 is 14.2 Å². The molecule has 1 fully saturated rings. The number of nitrogens with two attached hydrogens (primary N) is 2. The van der Waals surface area contributed by atoms with Crippen molar-refractivity contribution in [3.63, 3.8) is 0 Å². The third-order valence-electron chi connectivity index (χ3n) is 6.03. The maximum absolute atomic E-state index is 6.48. The van der Waals surface area contributed by atoms with Gasteiger partial charge in [-0.05, 0) is 42.8 Å². The molecule has 0 atom stereocenters. The Labute approximate surface area is 219 Å². The number of benzene rings is 2. The highest BCUT2D eigenvalue weighted by atomic mass is 35.5. The molecule has 5 rings (SSSR count). The first-order chi connectivity index (χ1) is 18.1. The molecule has 0 radical (unpaired) electrons. The average molecular weight is 522 g/mol. The van der Waals surface area contributed by atoms with E-state index >= 15 is 0 Å². The molecule has 0 saturated carbocycles. The Bertz CT molecular complexity index is 1370. The van der Waals surface area contributed by atoms with Gasteiger partial charge in [0.05, 0.1) is 36.0 Å². The van der Waals surface area contributed by atoms with E-state index in [1.165, 1.54) is 0 Å². The van der Waals surface area contributed by atoms with E-state index in [9.17, 15) is 0 Å². The lowest BCUT2D eigenvalue weighted by molar-refractivity contribution is 0.0358. The second-order valence-electron chi connectivity index (χ2n) is 8.64. The van der Waals surface area contributed by atoms with Crippen LogP contribution in [0, 0.1) is 0 Å². The van der Waals surface area contributed by atoms with Crippen LogP contribution in [0.5, 0.6) is 11.5 Å². The minimum absolute atomic E-state index is 0.253. The summed E-state index contributed by atoms with van der Waals surface area (Å²) in [6.07, 6.45) is 2.50. The highest BCUT2D eigenvalue weighted by molar-refractivity contribution is 6.32. The molecular weight excluding hydrogens is 494 g/mol. The van der Waals surface area contributed by atoms with Gasteiger partial charge in [0.2, 0.25) is 0 Å². The number of halogens is 1. The van der Waals surface area contributed by atoms with Crippen LogP contribution in [0.4, 0.5) is 11.5 Å². The van der Waals surface area contributed by atoms with E-state index < -0.39 is 0 Å². The van der Waals surface area contributed by atoms with Crippen molar-refractivity contribution >= 4 is 34.0 Å². The van der Waals surface area contributed by atoms with Crippen LogP contribution in [-0.4, -0.2) is 64.5 Å². The molecule has 11 heteroatoms. The monoisotopic (exact) mass is 521 g/mol. The van der Waals surface area contributed by atoms with Crippen molar-refractivity contribution in [3.8, 4) is 22.9 Å². The number of morpholine rings is 1. The molecule has 0 unspecified atom stereocenters. The standard InChI is InChI=1S/C26H28ClN7O3/c27-20-13-17(4-5-23(20)37-16-18-3-1-6-30-33-18)26-31-22-15-24(21(28)14-19(22)25(29)32-26)36-10-2-7-34-8-11-35-12-9-34/h1,3-6,13-15H,2,7-12,16,28H2,(H2,29,31,32). The Kier molecular flexibility index (Phi) is 7.79. The van der Waals surface area contributed by atoms with E-state index in [2.05, 4.69) is 20.1 Å². The lowest BCUT2D eigenvalue weighted by Gasteiger charge is -2.26. The van der Waals surface area contributed by atoms with Crippen LogP contribution < -0.4 is 20.9 Å². The average Bonchev–Trinajstić information content (AvgIpc) is 2.92. The number of aromatic nitrogens is 4. The van der Waals surface area contributed by atoms with Gasteiger partial charge in [0.1, 0.15) is 29.6 Å². The Balaban J connectivity index is 1.29. The van der Waals surface area contributed by atoms with Gasteiger partial charge < -0.3 is 25.7 Å². The summed E-state index contributed by atoms with van der Waals surface area (Å²) < 4.78 is 17.2. The second-order valence-corrected chi connectivity index (χ2v) is 9.05. The van der Waals surface area contributed by atoms with Crippen molar-refractivity contribution in [3.05, 3.63) is 59.4 Å². The third kappa shape index (κ3) is 6.16. The van der Waals surface area contributed by atoms with Gasteiger partial charge in [0.15, 0.2) is 5.82 Å². The summed E-state index contributed by atoms with van der Waals surface area (Å²) in [5.41, 5.74) is 15.0. The minimum atomic E-state index is 0.253. The zero-order valence-electron chi connectivity index (χ0n) is 20.3. The third-order valence-corrected chi connectivity index (χ3v) is 6.33. The Morgan fingerprint density at radius 2 is 1.86 bits per heavy atom. The smallest absolute Gasteiger partial charge is 0.162 e. The number of rotatable bonds is 9. The van der Waals surface area contributed by atoms with E-state index in [-0.39, 0.29) is 6.61 Å². The van der Waals surface area contributed by atoms with Crippen LogP contribution in [-0.2, 0) is 11.3 Å². The molecule has 0 bridgehead atoms. The van der Waals surface area contributed by atoms with E-state index in [0.717, 1.165) is 39.3 Å². The first-order valence-corrected chi connectivity index (χ1v) is 12.4. The van der Waals surface area contributed by atoms with Crippen LogP contribution in [0.25, 0.3) is 22.3 Å². The highest BCUT2D eigenvalue weighted by Crippen LogP contribution is 2.33. The maximum Gasteiger partial charge on any atom is 0.162 e. The zero-order valence-corrected chi connectivity index (χ0v) is 21.0. The molecule has 3 heterocycles. The Hall–Kier alpha value is -3.73. The van der Waals surface area contributed by atoms with Crippen molar-refractivity contribution in [1.82, 2.24) is 25.1 Å². The number of hydrogen-bond acceptors (Lipinski definition) is 10. The molecule has 2 aromatic carbocycles. The second kappa shape index (κ2) is 11.5. The molecular formula is C26H28ClN7O3. The van der Waals surface area contributed by atoms with Crippen LogP contribution in [0.15, 0.2) is 48.7 Å². The van der Waals surface area contributed by atoms with Crippen molar-refractivity contribution in [2.45, 2.75) is 13.0 Å². The fourth-order valence-electron chi connectivity index (χ4n) is 4.07. The van der Waals surface area contributed by atoms with Gasteiger partial charge in [0, 0.05) is 42.8 Å². The summed E-state index contributed by atoms with van der Waals surface area (Å²) in [7, 11) is 0. The van der Waals surface area contributed by atoms with Gasteiger partial charge in [0.25, 0.3) is 0 Å². The predicted octanol–water partition coefficient (Wildman–Crippen LogP) is 3.58. The van der Waals surface area contributed by atoms with Crippen LogP contribution in [0.1, 0.15) is 12.1 Å². The predicted molar refractivity (Wildman–Crippen MR) is 143 cm³/mol. The van der Waals surface area contributed by atoms with Crippen molar-refractivity contribution in [2.24, 2.45) is 0 Å². The molecule has 4 N–H and O–H groups in total. The number of anilines is 2. The number of hydrogen-bond donors (Lipinski definition) is 2. The molecule has 1 aliphatic heterocycles. The molecule has 2 aromatic heterocycles. The normalized spacial score (nSPS) is 14.1. The summed E-state index contributed by atoms with van der Waals surface area (Å²) in [6.45, 7) is 5.23. The first-order valence-electron chi connectivity index (χ1n) is 12.1. The minimum Gasteiger partial charge on any atom is -0.491 e. The van der Waals surface area contributed by atoms with E-state index in [4.69, 9.17) is 42.3 Å². The molecule has 1 aliphatic rings. The number of nitrogens with zero attached hydrogens (tertiary/aromatic N) is 5. The topological polar surface area (TPSA) is 135 Å². The maximum atomic E-state index is 6.48. The zero-order chi connectivity index (χ0) is 25.6. The summed E-state index contributed by atoms with van der Waals surface area (Å²) in [4.78, 5) is 11.5. The summed E-state index contributed by atoms with van der Waals surface area (Å²) >= 11 is 6.48. The number of ether oxygens (including phenoxy) is 3. The lowest BCUT2D eigenvalue weighted by atomic mass is 10.1. The van der Waals surface area contributed by atoms with Gasteiger partial charge in [-0.25, -0.2) is 9.97 Å². The summed E-state index contributed by atoms with van der Waals surface area (Å²) in [6, 6.07) is 12.5. The summed E-state index contributed by atoms with van der Waals surface area (Å²) in [5.74, 6) is 1.86. The van der Waals surface area contributed by atoms with Gasteiger partial charge in [-0.15, -0.1) is 0 Å². The highest BCUT2D eigenvalue weighted by Gasteiger charge is 2.14. The number of nitrogen functional groups attached to an aromatic ring is 2. The van der Waals surface area contributed by atoms with E-state index in [1.807, 2.05) is 12.1 Å². The van der Waals surface area contributed by atoms with E-state index in [1.54, 1.807) is 36.5 Å². The Morgan fingerprint density at radius 3 is 2.65 bits per heavy atom. The van der Waals surface area contributed by atoms with E-state index in [0.29, 0.717) is 62.6 Å². The molecule has 0 spiro atoms. The van der Waals surface area contributed by atoms with Crippen LogP contribution in [0.3, 0.4) is 0 Å². The van der Waals surface area contributed by atoms with Crippen molar-refractivity contribution in [2.75, 3.05) is 50.9 Å². The summed E-state index contributed by atoms with van der Waals surface area (Å²) in [5, 5.41) is 8.94. The molecule has 37 heavy (non-hydrogen) atoms. The molecule has 0 amide bonds. The SMILES string of the molecule is Nc1cc2c(N)nc(-c3ccc(OCc4cccnn4)c(Cl)c3)nc2cc1OCCCN1CCOCC1. The first kappa shape index (κ1) is 24.9. The fourth-order valence-corrected chi connectivity index (χ4v) is 4.30. The molecule has 0 aliphatic carbocycles. The van der Waals surface area contributed by atoms with Gasteiger partial charge in [-0.3, -0.25) is 4.90 Å². The van der Waals surface area contributed by atoms with Gasteiger partial charge >= 0.3 is 0 Å². The van der Waals surface area contributed by atoms with Gasteiger partial charge in [-0.1, -0.05) is 11.6 Å². The molecule has 192 valence electrons. The largest absolute Gasteiger partial charge is 0.491 e. The molecule has 10 nitrogen and oxygen atoms in total.